The zero-order valence-corrected chi connectivity index (χ0v) is 10.2. The normalized spacial score (nSPS) is 17.9. The fourth-order valence-electron chi connectivity index (χ4n) is 2.34. The first kappa shape index (κ1) is 11.2. The van der Waals surface area contributed by atoms with E-state index in [2.05, 4.69) is 17.2 Å². The summed E-state index contributed by atoms with van der Waals surface area (Å²) in [6.07, 6.45) is 7.14. The van der Waals surface area contributed by atoms with Gasteiger partial charge in [0.2, 0.25) is 0 Å². The summed E-state index contributed by atoms with van der Waals surface area (Å²) in [6.45, 7) is 5.28. The molecule has 1 fully saturated rings. The van der Waals surface area contributed by atoms with E-state index in [0.717, 1.165) is 23.6 Å². The number of hydrogen-bond acceptors (Lipinski definition) is 3. The molecular formula is C13H21N3. The largest absolute Gasteiger partial charge is 0.396 e. The van der Waals surface area contributed by atoms with Crippen molar-refractivity contribution in [3.63, 3.8) is 0 Å². The van der Waals surface area contributed by atoms with Gasteiger partial charge in [-0.2, -0.15) is 0 Å². The lowest BCUT2D eigenvalue weighted by atomic mass is 9.67. The number of nitrogens with one attached hydrogen (secondary N) is 1. The average molecular weight is 219 g/mol. The Kier molecular flexibility index (Phi) is 3.03. The number of nitrogens with two attached hydrogens (primary N) is 1. The highest BCUT2D eigenvalue weighted by molar-refractivity contribution is 5.61. The molecule has 0 aromatic carbocycles. The number of pyridine rings is 1. The second-order valence-corrected chi connectivity index (χ2v) is 5.01. The number of aromatic nitrogens is 1. The van der Waals surface area contributed by atoms with Crippen molar-refractivity contribution in [3.8, 4) is 0 Å². The summed E-state index contributed by atoms with van der Waals surface area (Å²) >= 11 is 0. The van der Waals surface area contributed by atoms with Crippen molar-refractivity contribution in [1.82, 2.24) is 4.98 Å². The van der Waals surface area contributed by atoms with Crippen molar-refractivity contribution in [3.05, 3.63) is 17.8 Å². The number of hydrogen-bond donors (Lipinski definition) is 2. The maximum Gasteiger partial charge on any atom is 0.149 e. The molecule has 0 aliphatic heterocycles. The Morgan fingerprint density at radius 1 is 1.50 bits per heavy atom. The summed E-state index contributed by atoms with van der Waals surface area (Å²) in [5.74, 6) is 0.838. The first-order valence-electron chi connectivity index (χ1n) is 6.11. The molecule has 0 unspecified atom stereocenters. The molecule has 3 heteroatoms. The Morgan fingerprint density at radius 2 is 2.25 bits per heavy atom. The maximum atomic E-state index is 5.93. The lowest BCUT2D eigenvalue weighted by Crippen LogP contribution is -2.36. The van der Waals surface area contributed by atoms with Crippen LogP contribution in [0.1, 0.15) is 38.2 Å². The predicted octanol–water partition coefficient (Wildman–Crippen LogP) is 2.96. The van der Waals surface area contributed by atoms with Gasteiger partial charge in [0.15, 0.2) is 0 Å². The summed E-state index contributed by atoms with van der Waals surface area (Å²) in [5.41, 5.74) is 8.29. The Bertz CT molecular complexity index is 364. The molecule has 0 spiro atoms. The SMILES string of the molecule is CCC1(CNc2ncc(C)cc2N)CCC1. The van der Waals surface area contributed by atoms with Gasteiger partial charge >= 0.3 is 0 Å². The topological polar surface area (TPSA) is 50.9 Å². The Morgan fingerprint density at radius 3 is 2.75 bits per heavy atom. The van der Waals surface area contributed by atoms with Crippen LogP contribution in [0, 0.1) is 12.3 Å². The van der Waals surface area contributed by atoms with Crippen LogP contribution >= 0.6 is 0 Å². The summed E-state index contributed by atoms with van der Waals surface area (Å²) in [7, 11) is 0. The van der Waals surface area contributed by atoms with Crippen molar-refractivity contribution in [1.29, 1.82) is 0 Å². The van der Waals surface area contributed by atoms with Crippen LogP contribution in [0.3, 0.4) is 0 Å². The summed E-state index contributed by atoms with van der Waals surface area (Å²) < 4.78 is 0. The van der Waals surface area contributed by atoms with Gasteiger partial charge in [0, 0.05) is 12.7 Å². The molecule has 0 saturated heterocycles. The number of nitrogens with zero attached hydrogens (tertiary/aromatic N) is 1. The van der Waals surface area contributed by atoms with Crippen LogP contribution in [-0.2, 0) is 0 Å². The van der Waals surface area contributed by atoms with E-state index in [-0.39, 0.29) is 0 Å². The van der Waals surface area contributed by atoms with E-state index in [1.54, 1.807) is 0 Å². The monoisotopic (exact) mass is 219 g/mol. The van der Waals surface area contributed by atoms with Gasteiger partial charge in [-0.1, -0.05) is 13.3 Å². The van der Waals surface area contributed by atoms with E-state index in [4.69, 9.17) is 5.73 Å². The summed E-state index contributed by atoms with van der Waals surface area (Å²) in [5, 5.41) is 3.40. The van der Waals surface area contributed by atoms with Crippen molar-refractivity contribution in [2.75, 3.05) is 17.6 Å². The number of rotatable bonds is 4. The van der Waals surface area contributed by atoms with Crippen LogP contribution in [0.15, 0.2) is 12.3 Å². The lowest BCUT2D eigenvalue weighted by molar-refractivity contribution is 0.145. The van der Waals surface area contributed by atoms with E-state index in [1.807, 2.05) is 19.2 Å². The first-order chi connectivity index (χ1) is 7.65. The van der Waals surface area contributed by atoms with Gasteiger partial charge in [0.1, 0.15) is 5.82 Å². The first-order valence-corrected chi connectivity index (χ1v) is 6.11. The molecule has 3 nitrogen and oxygen atoms in total. The van der Waals surface area contributed by atoms with Crippen LogP contribution in [0.25, 0.3) is 0 Å². The van der Waals surface area contributed by atoms with Crippen molar-refractivity contribution < 1.29 is 0 Å². The third-order valence-corrected chi connectivity index (χ3v) is 3.85. The minimum absolute atomic E-state index is 0.499. The molecule has 16 heavy (non-hydrogen) atoms. The third-order valence-electron chi connectivity index (χ3n) is 3.85. The highest BCUT2D eigenvalue weighted by atomic mass is 15.0. The van der Waals surface area contributed by atoms with Crippen LogP contribution in [0.5, 0.6) is 0 Å². The second kappa shape index (κ2) is 4.32. The Hall–Kier alpha value is -1.25. The molecular weight excluding hydrogens is 198 g/mol. The van der Waals surface area contributed by atoms with Crippen molar-refractivity contribution in [2.45, 2.75) is 39.5 Å². The highest BCUT2D eigenvalue weighted by Crippen LogP contribution is 2.43. The van der Waals surface area contributed by atoms with Crippen LogP contribution < -0.4 is 11.1 Å². The number of aryl methyl sites for hydroxylation is 1. The van der Waals surface area contributed by atoms with E-state index in [0.29, 0.717) is 5.41 Å². The lowest BCUT2D eigenvalue weighted by Gasteiger charge is -2.41. The molecule has 0 atom stereocenters. The number of anilines is 2. The fourth-order valence-corrected chi connectivity index (χ4v) is 2.34. The van der Waals surface area contributed by atoms with E-state index in [1.165, 1.54) is 25.7 Å². The fraction of sp³-hybridized carbons (Fsp3) is 0.615. The van der Waals surface area contributed by atoms with Gasteiger partial charge in [-0.3, -0.25) is 0 Å². The zero-order valence-electron chi connectivity index (χ0n) is 10.2. The van der Waals surface area contributed by atoms with Crippen molar-refractivity contribution >= 4 is 11.5 Å². The Balaban J connectivity index is 1.99. The quantitative estimate of drug-likeness (QED) is 0.818. The molecule has 3 N–H and O–H groups in total. The van der Waals surface area contributed by atoms with Gasteiger partial charge in [0.05, 0.1) is 5.69 Å². The van der Waals surface area contributed by atoms with Gasteiger partial charge in [-0.05, 0) is 43.2 Å². The van der Waals surface area contributed by atoms with E-state index < -0.39 is 0 Å². The molecule has 0 amide bonds. The third kappa shape index (κ3) is 2.13. The minimum atomic E-state index is 0.499. The summed E-state index contributed by atoms with van der Waals surface area (Å²) in [6, 6.07) is 1.97. The smallest absolute Gasteiger partial charge is 0.149 e. The van der Waals surface area contributed by atoms with Gasteiger partial charge in [-0.15, -0.1) is 0 Å². The molecule has 2 rings (SSSR count). The van der Waals surface area contributed by atoms with Crippen LogP contribution in [0.2, 0.25) is 0 Å². The predicted molar refractivity (Wildman–Crippen MR) is 68.5 cm³/mol. The van der Waals surface area contributed by atoms with Crippen LogP contribution in [-0.4, -0.2) is 11.5 Å². The zero-order chi connectivity index (χ0) is 11.6. The number of nitrogen functional groups attached to an aromatic ring is 1. The Labute approximate surface area is 97.5 Å². The molecule has 1 aromatic heterocycles. The van der Waals surface area contributed by atoms with Crippen LogP contribution in [0.4, 0.5) is 11.5 Å². The molecule has 1 saturated carbocycles. The van der Waals surface area contributed by atoms with E-state index >= 15 is 0 Å². The van der Waals surface area contributed by atoms with Gasteiger partial charge in [-0.25, -0.2) is 4.98 Å². The maximum absolute atomic E-state index is 5.93. The molecule has 1 aromatic rings. The second-order valence-electron chi connectivity index (χ2n) is 5.01. The molecule has 1 heterocycles. The molecule has 1 aliphatic carbocycles. The van der Waals surface area contributed by atoms with Crippen molar-refractivity contribution in [2.24, 2.45) is 5.41 Å². The standard InChI is InChI=1S/C13H21N3/c1-3-13(5-4-6-13)9-16-12-11(14)7-10(2)8-15-12/h7-8H,3-6,9,14H2,1-2H3,(H,15,16). The summed E-state index contributed by atoms with van der Waals surface area (Å²) in [4.78, 5) is 4.34. The minimum Gasteiger partial charge on any atom is -0.396 e. The molecule has 88 valence electrons. The average Bonchev–Trinajstić information content (AvgIpc) is 2.19. The van der Waals surface area contributed by atoms with Gasteiger partial charge < -0.3 is 11.1 Å². The highest BCUT2D eigenvalue weighted by Gasteiger charge is 2.34. The van der Waals surface area contributed by atoms with Gasteiger partial charge in [0.25, 0.3) is 0 Å². The molecule has 0 radical (unpaired) electrons. The van der Waals surface area contributed by atoms with E-state index in [9.17, 15) is 0 Å². The molecule has 0 bridgehead atoms. The molecule has 1 aliphatic rings.